The van der Waals surface area contributed by atoms with Crippen LogP contribution in [0.5, 0.6) is 0 Å². The van der Waals surface area contributed by atoms with Crippen molar-refractivity contribution in [3.8, 4) is 0 Å². The molecule has 0 aliphatic heterocycles. The molecule has 1 aromatic carbocycles. The van der Waals surface area contributed by atoms with E-state index in [-0.39, 0.29) is 10.8 Å². The fourth-order valence-corrected chi connectivity index (χ4v) is 1.73. The smallest absolute Gasteiger partial charge is 0.181 e. The van der Waals surface area contributed by atoms with Crippen LogP contribution in [0.3, 0.4) is 0 Å². The average Bonchev–Trinajstić information content (AvgIpc) is 2.21. The van der Waals surface area contributed by atoms with Crippen molar-refractivity contribution in [3.63, 3.8) is 0 Å². The minimum Gasteiger partial charge on any atom is -0.321 e. The van der Waals surface area contributed by atoms with Gasteiger partial charge in [0.05, 0.1) is 16.1 Å². The maximum Gasteiger partial charge on any atom is 0.181 e. The summed E-state index contributed by atoms with van der Waals surface area (Å²) in [6, 6.07) is 4.49. The van der Waals surface area contributed by atoms with Crippen molar-refractivity contribution < 1.29 is 4.79 Å². The quantitative estimate of drug-likeness (QED) is 0.828. The van der Waals surface area contributed by atoms with Crippen molar-refractivity contribution >= 4 is 29.0 Å². The number of rotatable bonds is 4. The molecule has 0 saturated heterocycles. The third-order valence-corrected chi connectivity index (χ3v) is 2.97. The molecule has 0 saturated carbocycles. The first-order valence-electron chi connectivity index (χ1n) is 4.81. The lowest BCUT2D eigenvalue weighted by molar-refractivity contribution is 0.0957. The summed E-state index contributed by atoms with van der Waals surface area (Å²) in [5, 5.41) is 0.668. The van der Waals surface area contributed by atoms with Gasteiger partial charge >= 0.3 is 0 Å². The SMILES string of the molecule is CCCC(N)C(=O)c1cccc(Cl)c1Cl. The molecule has 1 aromatic rings. The Bertz CT molecular complexity index is 366. The largest absolute Gasteiger partial charge is 0.321 e. The van der Waals surface area contributed by atoms with E-state index >= 15 is 0 Å². The molecule has 2 N–H and O–H groups in total. The van der Waals surface area contributed by atoms with Gasteiger partial charge in [0, 0.05) is 5.56 Å². The summed E-state index contributed by atoms with van der Waals surface area (Å²) in [4.78, 5) is 11.8. The number of ketones is 1. The second-order valence-corrected chi connectivity index (χ2v) is 4.15. The summed E-state index contributed by atoms with van der Waals surface area (Å²) in [5.74, 6) is -0.149. The Morgan fingerprint density at radius 2 is 2.13 bits per heavy atom. The highest BCUT2D eigenvalue weighted by molar-refractivity contribution is 6.44. The molecule has 1 atom stereocenters. The van der Waals surface area contributed by atoms with Crippen molar-refractivity contribution in [1.82, 2.24) is 0 Å². The average molecular weight is 246 g/mol. The van der Waals surface area contributed by atoms with Crippen LogP contribution in [0.2, 0.25) is 10.0 Å². The van der Waals surface area contributed by atoms with E-state index in [1.165, 1.54) is 0 Å². The molecule has 15 heavy (non-hydrogen) atoms. The lowest BCUT2D eigenvalue weighted by Gasteiger charge is -2.10. The fraction of sp³-hybridized carbons (Fsp3) is 0.364. The van der Waals surface area contributed by atoms with Gasteiger partial charge in [-0.2, -0.15) is 0 Å². The number of hydrogen-bond donors (Lipinski definition) is 1. The number of hydrogen-bond acceptors (Lipinski definition) is 2. The third-order valence-electron chi connectivity index (χ3n) is 2.15. The van der Waals surface area contributed by atoms with Gasteiger partial charge in [-0.1, -0.05) is 42.6 Å². The maximum atomic E-state index is 11.8. The lowest BCUT2D eigenvalue weighted by atomic mass is 10.0. The summed E-state index contributed by atoms with van der Waals surface area (Å²) in [5.41, 5.74) is 6.13. The first-order valence-corrected chi connectivity index (χ1v) is 5.57. The van der Waals surface area contributed by atoms with Crippen LogP contribution in [-0.4, -0.2) is 11.8 Å². The van der Waals surface area contributed by atoms with Gasteiger partial charge in [-0.15, -0.1) is 0 Å². The van der Waals surface area contributed by atoms with Gasteiger partial charge in [0.15, 0.2) is 5.78 Å². The number of nitrogens with two attached hydrogens (primary N) is 1. The monoisotopic (exact) mass is 245 g/mol. The predicted molar refractivity (Wildman–Crippen MR) is 63.7 cm³/mol. The van der Waals surface area contributed by atoms with E-state index in [0.717, 1.165) is 6.42 Å². The van der Waals surface area contributed by atoms with Gasteiger partial charge in [0.25, 0.3) is 0 Å². The van der Waals surface area contributed by atoms with Crippen molar-refractivity contribution in [2.75, 3.05) is 0 Å². The van der Waals surface area contributed by atoms with Crippen molar-refractivity contribution in [1.29, 1.82) is 0 Å². The van der Waals surface area contributed by atoms with E-state index in [4.69, 9.17) is 28.9 Å². The van der Waals surface area contributed by atoms with Crippen LogP contribution < -0.4 is 5.73 Å². The maximum absolute atomic E-state index is 11.8. The molecule has 0 radical (unpaired) electrons. The molecule has 0 bridgehead atoms. The van der Waals surface area contributed by atoms with Crippen molar-refractivity contribution in [2.24, 2.45) is 5.73 Å². The molecule has 82 valence electrons. The molecule has 0 aliphatic carbocycles. The van der Waals surface area contributed by atoms with E-state index in [1.54, 1.807) is 18.2 Å². The Labute approximate surface area is 99.4 Å². The van der Waals surface area contributed by atoms with E-state index < -0.39 is 6.04 Å². The molecule has 0 amide bonds. The summed E-state index contributed by atoms with van der Waals surface area (Å²) in [6.07, 6.45) is 1.52. The molecule has 4 heteroatoms. The Kier molecular flexibility index (Phi) is 4.58. The number of Topliss-reactive ketones (excluding diaryl/α,β-unsaturated/α-hetero) is 1. The molecule has 1 rings (SSSR count). The topological polar surface area (TPSA) is 43.1 Å². The van der Waals surface area contributed by atoms with Gasteiger partial charge in [-0.3, -0.25) is 4.79 Å². The minimum absolute atomic E-state index is 0.149. The van der Waals surface area contributed by atoms with Crippen LogP contribution in [0.25, 0.3) is 0 Å². The van der Waals surface area contributed by atoms with Crippen LogP contribution in [0.15, 0.2) is 18.2 Å². The van der Waals surface area contributed by atoms with Crippen LogP contribution in [0.4, 0.5) is 0 Å². The molecule has 1 unspecified atom stereocenters. The van der Waals surface area contributed by atoms with Crippen LogP contribution in [0, 0.1) is 0 Å². The van der Waals surface area contributed by atoms with Crippen LogP contribution >= 0.6 is 23.2 Å². The summed E-state index contributed by atoms with van der Waals surface area (Å²) in [6.45, 7) is 1.98. The molecular weight excluding hydrogens is 233 g/mol. The Morgan fingerprint density at radius 1 is 1.47 bits per heavy atom. The molecule has 0 fully saturated rings. The van der Waals surface area contributed by atoms with Gasteiger partial charge in [0.2, 0.25) is 0 Å². The standard InChI is InChI=1S/C11H13Cl2NO/c1-2-4-9(14)11(15)7-5-3-6-8(12)10(7)13/h3,5-6,9H,2,4,14H2,1H3. The molecular formula is C11H13Cl2NO. The van der Waals surface area contributed by atoms with E-state index in [2.05, 4.69) is 0 Å². The number of carbonyl (C=O) groups excluding carboxylic acids is 1. The predicted octanol–water partition coefficient (Wildman–Crippen LogP) is 3.30. The zero-order chi connectivity index (χ0) is 11.4. The number of halogens is 2. The Morgan fingerprint density at radius 3 is 2.73 bits per heavy atom. The zero-order valence-electron chi connectivity index (χ0n) is 8.47. The van der Waals surface area contributed by atoms with Gasteiger partial charge in [-0.05, 0) is 18.6 Å². The Balaban J connectivity index is 2.96. The number of benzene rings is 1. The van der Waals surface area contributed by atoms with E-state index in [0.29, 0.717) is 17.0 Å². The molecule has 0 aromatic heterocycles. The highest BCUT2D eigenvalue weighted by atomic mass is 35.5. The second kappa shape index (κ2) is 5.50. The normalized spacial score (nSPS) is 12.5. The molecule has 2 nitrogen and oxygen atoms in total. The molecule has 0 heterocycles. The molecule has 0 aliphatic rings. The highest BCUT2D eigenvalue weighted by Crippen LogP contribution is 2.26. The summed E-state index contributed by atoms with van der Waals surface area (Å²) >= 11 is 11.7. The van der Waals surface area contributed by atoms with Crippen LogP contribution in [0.1, 0.15) is 30.1 Å². The zero-order valence-corrected chi connectivity index (χ0v) is 9.98. The van der Waals surface area contributed by atoms with Crippen LogP contribution in [-0.2, 0) is 0 Å². The highest BCUT2D eigenvalue weighted by Gasteiger charge is 2.18. The first-order chi connectivity index (χ1) is 7.07. The first kappa shape index (κ1) is 12.5. The lowest BCUT2D eigenvalue weighted by Crippen LogP contribution is -2.30. The van der Waals surface area contributed by atoms with Crippen molar-refractivity contribution in [3.05, 3.63) is 33.8 Å². The fourth-order valence-electron chi connectivity index (χ4n) is 1.34. The third kappa shape index (κ3) is 2.94. The van der Waals surface area contributed by atoms with E-state index in [9.17, 15) is 4.79 Å². The minimum atomic E-state index is -0.494. The van der Waals surface area contributed by atoms with Gasteiger partial charge in [-0.25, -0.2) is 0 Å². The number of carbonyl (C=O) groups is 1. The Hall–Kier alpha value is -0.570. The summed E-state index contributed by atoms with van der Waals surface area (Å²) < 4.78 is 0. The molecule has 0 spiro atoms. The van der Waals surface area contributed by atoms with Crippen molar-refractivity contribution in [2.45, 2.75) is 25.8 Å². The second-order valence-electron chi connectivity index (χ2n) is 3.36. The summed E-state index contributed by atoms with van der Waals surface area (Å²) in [7, 11) is 0. The van der Waals surface area contributed by atoms with Gasteiger partial charge < -0.3 is 5.73 Å². The van der Waals surface area contributed by atoms with E-state index in [1.807, 2.05) is 6.92 Å². The van der Waals surface area contributed by atoms with Gasteiger partial charge in [0.1, 0.15) is 0 Å².